The van der Waals surface area contributed by atoms with Gasteiger partial charge in [-0.15, -0.1) is 0 Å². The SMILES string of the molecule is O=[N+]([O-])c1ccc(-c2ccccc2)cc1OB(O)O. The van der Waals surface area contributed by atoms with Crippen molar-refractivity contribution in [1.29, 1.82) is 0 Å². The van der Waals surface area contributed by atoms with Crippen LogP contribution in [-0.2, 0) is 0 Å². The summed E-state index contributed by atoms with van der Waals surface area (Å²) < 4.78 is 4.64. The molecule has 0 aliphatic rings. The van der Waals surface area contributed by atoms with E-state index in [1.807, 2.05) is 30.3 Å². The van der Waals surface area contributed by atoms with Crippen LogP contribution in [0.3, 0.4) is 0 Å². The van der Waals surface area contributed by atoms with Gasteiger partial charge in [0.25, 0.3) is 0 Å². The van der Waals surface area contributed by atoms with Gasteiger partial charge in [0.05, 0.1) is 4.92 Å². The molecular weight excluding hydrogens is 249 g/mol. The number of benzene rings is 2. The van der Waals surface area contributed by atoms with Gasteiger partial charge in [-0.05, 0) is 23.3 Å². The van der Waals surface area contributed by atoms with E-state index in [0.717, 1.165) is 5.56 Å². The van der Waals surface area contributed by atoms with Crippen molar-refractivity contribution in [2.45, 2.75) is 0 Å². The van der Waals surface area contributed by atoms with Crippen LogP contribution in [0.2, 0.25) is 0 Å². The minimum Gasteiger partial charge on any atom is -0.507 e. The van der Waals surface area contributed by atoms with Crippen molar-refractivity contribution in [2.24, 2.45) is 0 Å². The average molecular weight is 259 g/mol. The van der Waals surface area contributed by atoms with Gasteiger partial charge in [0.15, 0.2) is 5.75 Å². The van der Waals surface area contributed by atoms with E-state index in [0.29, 0.717) is 5.56 Å². The third-order valence-electron chi connectivity index (χ3n) is 2.50. The molecule has 0 amide bonds. The zero-order valence-electron chi connectivity index (χ0n) is 9.76. The number of hydrogen-bond donors (Lipinski definition) is 2. The summed E-state index contributed by atoms with van der Waals surface area (Å²) in [5.41, 5.74) is 1.20. The maximum Gasteiger partial charge on any atom is 0.707 e. The quantitative estimate of drug-likeness (QED) is 0.494. The Balaban J connectivity index is 2.46. The summed E-state index contributed by atoms with van der Waals surface area (Å²) in [4.78, 5) is 10.2. The number of rotatable bonds is 4. The zero-order chi connectivity index (χ0) is 13.8. The summed E-state index contributed by atoms with van der Waals surface area (Å²) in [7, 11) is -2.11. The minimum atomic E-state index is -2.11. The molecule has 0 spiro atoms. The molecule has 6 nitrogen and oxygen atoms in total. The number of nitrogens with zero attached hydrogens (tertiary/aromatic N) is 1. The van der Waals surface area contributed by atoms with Crippen LogP contribution in [0, 0.1) is 10.1 Å². The number of hydrogen-bond acceptors (Lipinski definition) is 5. The molecule has 0 bridgehead atoms. The summed E-state index contributed by atoms with van der Waals surface area (Å²) in [5, 5.41) is 28.4. The maximum atomic E-state index is 10.8. The van der Waals surface area contributed by atoms with E-state index in [4.69, 9.17) is 10.0 Å². The first kappa shape index (κ1) is 13.1. The van der Waals surface area contributed by atoms with Crippen molar-refractivity contribution < 1.29 is 19.6 Å². The lowest BCUT2D eigenvalue weighted by Gasteiger charge is -2.08. The van der Waals surface area contributed by atoms with Crippen LogP contribution in [0.5, 0.6) is 5.75 Å². The zero-order valence-corrected chi connectivity index (χ0v) is 9.76. The topological polar surface area (TPSA) is 92.8 Å². The lowest BCUT2D eigenvalue weighted by Crippen LogP contribution is -2.21. The highest BCUT2D eigenvalue weighted by Gasteiger charge is 2.21. The van der Waals surface area contributed by atoms with E-state index < -0.39 is 12.2 Å². The third kappa shape index (κ3) is 3.09. The summed E-state index contributed by atoms with van der Waals surface area (Å²) in [6, 6.07) is 13.4. The van der Waals surface area contributed by atoms with Crippen molar-refractivity contribution in [3.05, 3.63) is 58.6 Å². The Morgan fingerprint density at radius 2 is 1.74 bits per heavy atom. The van der Waals surface area contributed by atoms with Crippen molar-refractivity contribution in [3.63, 3.8) is 0 Å². The van der Waals surface area contributed by atoms with Gasteiger partial charge in [0, 0.05) is 6.07 Å². The number of nitro benzene ring substituents is 1. The first-order valence-corrected chi connectivity index (χ1v) is 5.44. The Kier molecular flexibility index (Phi) is 3.79. The molecule has 0 radical (unpaired) electrons. The Morgan fingerprint density at radius 3 is 2.32 bits per heavy atom. The van der Waals surface area contributed by atoms with E-state index >= 15 is 0 Å². The van der Waals surface area contributed by atoms with Crippen LogP contribution in [0.25, 0.3) is 11.1 Å². The molecule has 96 valence electrons. The minimum absolute atomic E-state index is 0.193. The van der Waals surface area contributed by atoms with E-state index in [9.17, 15) is 10.1 Å². The highest BCUT2D eigenvalue weighted by atomic mass is 16.6. The molecule has 2 rings (SSSR count). The summed E-state index contributed by atoms with van der Waals surface area (Å²) >= 11 is 0. The molecule has 0 unspecified atom stereocenters. The first-order chi connectivity index (χ1) is 9.08. The molecule has 0 aromatic heterocycles. The van der Waals surface area contributed by atoms with Crippen LogP contribution < -0.4 is 4.65 Å². The number of nitro groups is 1. The van der Waals surface area contributed by atoms with E-state index in [-0.39, 0.29) is 11.4 Å². The smallest absolute Gasteiger partial charge is 0.507 e. The van der Waals surface area contributed by atoms with Crippen LogP contribution in [0.1, 0.15) is 0 Å². The summed E-state index contributed by atoms with van der Waals surface area (Å²) in [6.45, 7) is 0. The molecule has 7 heteroatoms. The molecule has 0 fully saturated rings. The Bertz CT molecular complexity index is 588. The van der Waals surface area contributed by atoms with Gasteiger partial charge in [-0.3, -0.25) is 10.1 Å². The molecule has 2 aromatic carbocycles. The fraction of sp³-hybridized carbons (Fsp3) is 0. The summed E-state index contributed by atoms with van der Waals surface area (Å²) in [5.74, 6) is -0.193. The van der Waals surface area contributed by atoms with Crippen LogP contribution in [0.4, 0.5) is 5.69 Å². The van der Waals surface area contributed by atoms with Crippen molar-refractivity contribution >= 4 is 13.0 Å². The molecule has 0 heterocycles. The van der Waals surface area contributed by atoms with E-state index in [1.165, 1.54) is 12.1 Å². The molecule has 19 heavy (non-hydrogen) atoms. The van der Waals surface area contributed by atoms with E-state index in [1.54, 1.807) is 6.07 Å². The lowest BCUT2D eigenvalue weighted by molar-refractivity contribution is -0.385. The normalized spacial score (nSPS) is 10.0. The van der Waals surface area contributed by atoms with Crippen LogP contribution in [0.15, 0.2) is 48.5 Å². The highest BCUT2D eigenvalue weighted by molar-refractivity contribution is 6.33. The van der Waals surface area contributed by atoms with Gasteiger partial charge < -0.3 is 14.7 Å². The van der Waals surface area contributed by atoms with Gasteiger partial charge >= 0.3 is 13.0 Å². The van der Waals surface area contributed by atoms with Crippen molar-refractivity contribution in [2.75, 3.05) is 0 Å². The molecule has 2 N–H and O–H groups in total. The molecule has 0 aliphatic carbocycles. The second kappa shape index (κ2) is 5.51. The fourth-order valence-electron chi connectivity index (χ4n) is 1.68. The first-order valence-electron chi connectivity index (χ1n) is 5.44. The van der Waals surface area contributed by atoms with Gasteiger partial charge in [-0.2, -0.15) is 0 Å². The molecule has 0 saturated carbocycles. The average Bonchev–Trinajstić information content (AvgIpc) is 2.38. The van der Waals surface area contributed by atoms with Crippen molar-refractivity contribution in [1.82, 2.24) is 0 Å². The second-order valence-corrected chi connectivity index (χ2v) is 3.75. The highest BCUT2D eigenvalue weighted by Crippen LogP contribution is 2.32. The predicted molar refractivity (Wildman–Crippen MR) is 69.4 cm³/mol. The van der Waals surface area contributed by atoms with Crippen molar-refractivity contribution in [3.8, 4) is 16.9 Å². The Hall–Kier alpha value is -2.38. The fourth-order valence-corrected chi connectivity index (χ4v) is 1.68. The Morgan fingerprint density at radius 1 is 1.05 bits per heavy atom. The Labute approximate surface area is 109 Å². The molecule has 0 atom stereocenters. The maximum absolute atomic E-state index is 10.8. The van der Waals surface area contributed by atoms with Crippen LogP contribution in [-0.4, -0.2) is 22.3 Å². The second-order valence-electron chi connectivity index (χ2n) is 3.75. The molecule has 0 saturated heterocycles. The van der Waals surface area contributed by atoms with Crippen LogP contribution >= 0.6 is 0 Å². The van der Waals surface area contributed by atoms with Gasteiger partial charge in [-0.1, -0.05) is 30.3 Å². The van der Waals surface area contributed by atoms with Gasteiger partial charge in [0.1, 0.15) is 0 Å². The van der Waals surface area contributed by atoms with Gasteiger partial charge in [0.2, 0.25) is 0 Å². The standard InChI is InChI=1S/C12H10BNO5/c15-13(16)19-12-8-10(6-7-11(12)14(17)18)9-4-2-1-3-5-9/h1-8,15-16H. The third-order valence-corrected chi connectivity index (χ3v) is 2.50. The van der Waals surface area contributed by atoms with Gasteiger partial charge in [-0.25, -0.2) is 0 Å². The summed E-state index contributed by atoms with van der Waals surface area (Å²) in [6.07, 6.45) is 0. The lowest BCUT2D eigenvalue weighted by atomic mass is 10.0. The van der Waals surface area contributed by atoms with E-state index in [2.05, 4.69) is 4.65 Å². The largest absolute Gasteiger partial charge is 0.707 e. The molecule has 0 aliphatic heterocycles. The molecule has 2 aromatic rings. The predicted octanol–water partition coefficient (Wildman–Crippen LogP) is 1.61. The monoisotopic (exact) mass is 259 g/mol. The molecular formula is C12H10BNO5.